The van der Waals surface area contributed by atoms with Crippen LogP contribution in [0.3, 0.4) is 0 Å². The Kier molecular flexibility index (Phi) is 2.40. The summed E-state index contributed by atoms with van der Waals surface area (Å²) in [6.07, 6.45) is 2.23. The van der Waals surface area contributed by atoms with E-state index in [0.29, 0.717) is 23.6 Å². The third-order valence-electron chi connectivity index (χ3n) is 2.17. The molecule has 0 spiro atoms. The third kappa shape index (κ3) is 1.47. The van der Waals surface area contributed by atoms with Crippen molar-refractivity contribution in [2.45, 2.75) is 19.9 Å². The smallest absolute Gasteiger partial charge is 0.327 e. The zero-order chi connectivity index (χ0) is 10.8. The zero-order valence-electron chi connectivity index (χ0n) is 8.65. The van der Waals surface area contributed by atoms with E-state index in [2.05, 4.69) is 15.0 Å². The summed E-state index contributed by atoms with van der Waals surface area (Å²) in [7, 11) is 1.52. The first kappa shape index (κ1) is 9.70. The number of hydrogen-bond acceptors (Lipinski definition) is 4. The van der Waals surface area contributed by atoms with Crippen LogP contribution in [-0.2, 0) is 6.54 Å². The number of aromatic nitrogens is 4. The molecule has 80 valence electrons. The molecule has 0 aromatic carbocycles. The Morgan fingerprint density at radius 3 is 3.00 bits per heavy atom. The van der Waals surface area contributed by atoms with Crippen LogP contribution in [0.15, 0.2) is 11.1 Å². The topological polar surface area (TPSA) is 72.8 Å². The van der Waals surface area contributed by atoms with E-state index in [0.717, 1.165) is 6.42 Å². The van der Waals surface area contributed by atoms with E-state index in [1.165, 1.54) is 13.4 Å². The van der Waals surface area contributed by atoms with Crippen LogP contribution in [-0.4, -0.2) is 26.6 Å². The minimum absolute atomic E-state index is 0.175. The van der Waals surface area contributed by atoms with Crippen LogP contribution in [0.1, 0.15) is 13.3 Å². The molecule has 0 saturated carbocycles. The molecule has 2 aromatic rings. The Morgan fingerprint density at radius 1 is 1.53 bits per heavy atom. The second-order valence-electron chi connectivity index (χ2n) is 3.16. The van der Waals surface area contributed by atoms with Crippen molar-refractivity contribution in [3.8, 4) is 5.88 Å². The van der Waals surface area contributed by atoms with Gasteiger partial charge in [0.25, 0.3) is 0 Å². The molecule has 0 aliphatic rings. The predicted octanol–water partition coefficient (Wildman–Crippen LogP) is 0.538. The molecule has 0 atom stereocenters. The van der Waals surface area contributed by atoms with Crippen molar-refractivity contribution in [1.29, 1.82) is 0 Å². The molecule has 6 nitrogen and oxygen atoms in total. The summed E-state index contributed by atoms with van der Waals surface area (Å²) in [5.41, 5.74) is 0.970. The van der Waals surface area contributed by atoms with Crippen LogP contribution in [0.4, 0.5) is 0 Å². The Bertz CT molecular complexity index is 528. The van der Waals surface area contributed by atoms with Gasteiger partial charge in [0, 0.05) is 6.54 Å². The maximum Gasteiger partial charge on any atom is 0.327 e. The normalized spacial score (nSPS) is 10.8. The van der Waals surface area contributed by atoms with E-state index >= 15 is 0 Å². The number of ether oxygens (including phenoxy) is 1. The molecule has 0 aliphatic heterocycles. The summed E-state index contributed by atoms with van der Waals surface area (Å²) in [6, 6.07) is 0. The average molecular weight is 208 g/mol. The molecule has 0 amide bonds. The summed E-state index contributed by atoms with van der Waals surface area (Å²) < 4.78 is 6.69. The van der Waals surface area contributed by atoms with Gasteiger partial charge in [-0.15, -0.1) is 0 Å². The minimum Gasteiger partial charge on any atom is -0.479 e. The highest BCUT2D eigenvalue weighted by molar-refractivity contribution is 5.76. The molecule has 2 aromatic heterocycles. The van der Waals surface area contributed by atoms with Gasteiger partial charge >= 0.3 is 5.69 Å². The first-order valence-corrected chi connectivity index (χ1v) is 4.75. The van der Waals surface area contributed by atoms with Crippen LogP contribution in [0.25, 0.3) is 11.2 Å². The molecule has 2 rings (SSSR count). The molecule has 2 heterocycles. The van der Waals surface area contributed by atoms with Crippen molar-refractivity contribution in [1.82, 2.24) is 19.5 Å². The molecule has 6 heteroatoms. The molecule has 0 bridgehead atoms. The van der Waals surface area contributed by atoms with Gasteiger partial charge in [-0.1, -0.05) is 6.92 Å². The van der Waals surface area contributed by atoms with Crippen molar-refractivity contribution >= 4 is 11.2 Å². The number of imidazole rings is 1. The zero-order valence-corrected chi connectivity index (χ0v) is 8.65. The second kappa shape index (κ2) is 3.72. The van der Waals surface area contributed by atoms with Crippen molar-refractivity contribution in [2.24, 2.45) is 0 Å². The molecule has 0 aliphatic carbocycles. The Hall–Kier alpha value is -1.85. The fraction of sp³-hybridized carbons (Fsp3) is 0.444. The van der Waals surface area contributed by atoms with Crippen molar-refractivity contribution in [3.05, 3.63) is 16.8 Å². The number of hydrogen-bond donors (Lipinski definition) is 1. The van der Waals surface area contributed by atoms with Gasteiger partial charge in [0.15, 0.2) is 11.2 Å². The highest BCUT2D eigenvalue weighted by atomic mass is 16.5. The lowest BCUT2D eigenvalue weighted by Crippen LogP contribution is -2.16. The van der Waals surface area contributed by atoms with Crippen LogP contribution < -0.4 is 10.4 Å². The predicted molar refractivity (Wildman–Crippen MR) is 55.0 cm³/mol. The summed E-state index contributed by atoms with van der Waals surface area (Å²) in [5.74, 6) is 0.423. The quantitative estimate of drug-likeness (QED) is 0.798. The third-order valence-corrected chi connectivity index (χ3v) is 2.17. The number of rotatable bonds is 3. The van der Waals surface area contributed by atoms with E-state index < -0.39 is 0 Å². The number of aromatic amines is 1. The first-order chi connectivity index (χ1) is 7.27. The van der Waals surface area contributed by atoms with E-state index in [4.69, 9.17) is 4.74 Å². The summed E-state index contributed by atoms with van der Waals surface area (Å²) in [5, 5.41) is 0. The van der Waals surface area contributed by atoms with Crippen LogP contribution in [0.2, 0.25) is 0 Å². The monoisotopic (exact) mass is 208 g/mol. The molecule has 0 unspecified atom stereocenters. The molecule has 0 saturated heterocycles. The van der Waals surface area contributed by atoms with Gasteiger partial charge in [0.2, 0.25) is 5.88 Å². The Labute approximate surface area is 85.9 Å². The fourth-order valence-electron chi connectivity index (χ4n) is 1.55. The second-order valence-corrected chi connectivity index (χ2v) is 3.16. The average Bonchev–Trinajstić information content (AvgIpc) is 2.56. The van der Waals surface area contributed by atoms with Crippen LogP contribution >= 0.6 is 0 Å². The fourth-order valence-corrected chi connectivity index (χ4v) is 1.55. The van der Waals surface area contributed by atoms with E-state index in [9.17, 15) is 4.79 Å². The van der Waals surface area contributed by atoms with Crippen molar-refractivity contribution in [3.63, 3.8) is 0 Å². The molecular weight excluding hydrogens is 196 g/mol. The Balaban J connectivity index is 2.76. The number of methoxy groups -OCH3 is 1. The van der Waals surface area contributed by atoms with Gasteiger partial charge < -0.3 is 4.74 Å². The van der Waals surface area contributed by atoms with E-state index in [-0.39, 0.29) is 5.69 Å². The molecule has 0 radical (unpaired) electrons. The van der Waals surface area contributed by atoms with E-state index in [1.807, 2.05) is 6.92 Å². The molecule has 15 heavy (non-hydrogen) atoms. The van der Waals surface area contributed by atoms with Crippen molar-refractivity contribution in [2.75, 3.05) is 7.11 Å². The number of nitrogens with one attached hydrogen (secondary N) is 1. The number of fused-ring (bicyclic) bond motifs is 1. The minimum atomic E-state index is -0.175. The highest BCUT2D eigenvalue weighted by Gasteiger charge is 2.12. The maximum absolute atomic E-state index is 11.6. The lowest BCUT2D eigenvalue weighted by molar-refractivity contribution is 0.399. The lowest BCUT2D eigenvalue weighted by atomic mass is 10.4. The van der Waals surface area contributed by atoms with Gasteiger partial charge in [-0.05, 0) is 6.42 Å². The molecule has 1 N–H and O–H groups in total. The van der Waals surface area contributed by atoms with Gasteiger partial charge in [-0.2, -0.15) is 4.98 Å². The largest absolute Gasteiger partial charge is 0.479 e. The lowest BCUT2D eigenvalue weighted by Gasteiger charge is -2.03. The van der Waals surface area contributed by atoms with E-state index in [1.54, 1.807) is 4.57 Å². The van der Waals surface area contributed by atoms with Gasteiger partial charge in [-0.3, -0.25) is 9.55 Å². The van der Waals surface area contributed by atoms with Crippen LogP contribution in [0, 0.1) is 0 Å². The van der Waals surface area contributed by atoms with Gasteiger partial charge in [-0.25, -0.2) is 9.78 Å². The molecule has 0 fully saturated rings. The van der Waals surface area contributed by atoms with Gasteiger partial charge in [0.1, 0.15) is 6.33 Å². The van der Waals surface area contributed by atoms with Crippen molar-refractivity contribution < 1.29 is 4.74 Å². The first-order valence-electron chi connectivity index (χ1n) is 4.75. The standard InChI is InChI=1S/C9H12N4O2/c1-3-4-13-6-7(12-9(13)14)10-5-11-8(6)15-2/h5H,3-4H2,1-2H3,(H,10,11,12,14). The molecular formula is C9H12N4O2. The Morgan fingerprint density at radius 2 is 2.33 bits per heavy atom. The number of nitrogens with zero attached hydrogens (tertiary/aromatic N) is 3. The number of H-pyrrole nitrogens is 1. The summed E-state index contributed by atoms with van der Waals surface area (Å²) in [4.78, 5) is 22.2. The highest BCUT2D eigenvalue weighted by Crippen LogP contribution is 2.17. The summed E-state index contributed by atoms with van der Waals surface area (Å²) in [6.45, 7) is 2.63. The van der Waals surface area contributed by atoms with Crippen LogP contribution in [0.5, 0.6) is 5.88 Å². The SMILES string of the molecule is CCCn1c(=O)[nH]c2ncnc(OC)c21. The number of aryl methyl sites for hydroxylation is 1. The van der Waals surface area contributed by atoms with Gasteiger partial charge in [0.05, 0.1) is 7.11 Å². The maximum atomic E-state index is 11.6. The summed E-state index contributed by atoms with van der Waals surface area (Å²) >= 11 is 0.